The van der Waals surface area contributed by atoms with Crippen molar-refractivity contribution in [2.75, 3.05) is 7.11 Å². The van der Waals surface area contributed by atoms with E-state index in [0.717, 1.165) is 15.9 Å². The summed E-state index contributed by atoms with van der Waals surface area (Å²) in [5.74, 6) is 0.231. The van der Waals surface area contributed by atoms with Crippen LogP contribution in [0.4, 0.5) is 0 Å². The third-order valence-corrected chi connectivity index (χ3v) is 12.7. The molecular weight excluding hydrogens is 528 g/mol. The zero-order valence-corrected chi connectivity index (χ0v) is 26.0. The van der Waals surface area contributed by atoms with Crippen LogP contribution in [0.15, 0.2) is 89.7 Å². The van der Waals surface area contributed by atoms with Gasteiger partial charge in [-0.2, -0.15) is 0 Å². The van der Waals surface area contributed by atoms with E-state index in [1.165, 1.54) is 7.11 Å². The van der Waals surface area contributed by atoms with Crippen molar-refractivity contribution in [3.63, 3.8) is 0 Å². The summed E-state index contributed by atoms with van der Waals surface area (Å²) in [5, 5.41) is 1.95. The molecular formula is C34H40N2O4Si. The lowest BCUT2D eigenvalue weighted by Crippen LogP contribution is -2.65. The van der Waals surface area contributed by atoms with Gasteiger partial charge < -0.3 is 9.53 Å². The average molecular weight is 569 g/mol. The molecule has 0 aliphatic carbocycles. The fraction of sp³-hybridized carbons (Fsp3) is 0.324. The second kappa shape index (κ2) is 11.6. The van der Waals surface area contributed by atoms with E-state index in [0.29, 0.717) is 23.1 Å². The summed E-state index contributed by atoms with van der Waals surface area (Å²) in [6, 6.07) is 25.4. The first kappa shape index (κ1) is 30.2. The van der Waals surface area contributed by atoms with Gasteiger partial charge in [0.2, 0.25) is 0 Å². The normalized spacial score (nSPS) is 13.5. The quantitative estimate of drug-likeness (QED) is 0.223. The molecule has 4 aromatic rings. The zero-order valence-electron chi connectivity index (χ0n) is 25.0. The predicted octanol–water partition coefficient (Wildman–Crippen LogP) is 5.17. The molecule has 7 heteroatoms. The Morgan fingerprint density at radius 3 is 2.10 bits per heavy atom. The van der Waals surface area contributed by atoms with Crippen LogP contribution < -0.4 is 15.9 Å². The lowest BCUT2D eigenvalue weighted by molar-refractivity contribution is -0.148. The van der Waals surface area contributed by atoms with E-state index in [2.05, 4.69) is 20.8 Å². The third kappa shape index (κ3) is 5.83. The molecule has 1 aromatic heterocycles. The first-order valence-electron chi connectivity index (χ1n) is 13.9. The molecule has 0 aliphatic rings. The molecule has 0 saturated carbocycles. The summed E-state index contributed by atoms with van der Waals surface area (Å²) in [6.45, 7) is 9.91. The first-order chi connectivity index (χ1) is 19.3. The topological polar surface area (TPSA) is 81.4 Å². The van der Waals surface area contributed by atoms with Crippen molar-refractivity contribution in [2.45, 2.75) is 52.0 Å². The minimum atomic E-state index is -3.22. The minimum absolute atomic E-state index is 0.112. The maximum absolute atomic E-state index is 13.4. The van der Waals surface area contributed by atoms with Crippen molar-refractivity contribution in [1.82, 2.24) is 9.55 Å². The molecule has 1 heterocycles. The molecule has 214 valence electrons. The molecule has 0 amide bonds. The molecule has 1 atom stereocenters. The number of hydrogen-bond acceptors (Lipinski definition) is 5. The molecule has 0 spiro atoms. The van der Waals surface area contributed by atoms with Crippen molar-refractivity contribution >= 4 is 41.6 Å². The summed E-state index contributed by atoms with van der Waals surface area (Å²) < 4.78 is 6.53. The number of hydrogen-bond donors (Lipinski definition) is 1. The molecule has 0 saturated heterocycles. The standard InChI is InChI=1S/C34H40N2O4Si/c1-24(23-34(4,5)41(39,26-14-10-8-11-15-26)27-16-12-9-13-17-27)30-35-29-22-25(18-19-28(29)31(37)36(30)6)20-21-33(2,3)32(38)40-7/h8-22,24,39H,23H2,1-7H3/b21-20+/t24-/m0/s1. The smallest absolute Gasteiger partial charge is 0.315 e. The second-order valence-electron chi connectivity index (χ2n) is 12.1. The molecule has 3 aromatic carbocycles. The molecule has 1 N–H and O–H groups in total. The maximum Gasteiger partial charge on any atom is 0.315 e. The van der Waals surface area contributed by atoms with Gasteiger partial charge in [0.15, 0.2) is 0 Å². The van der Waals surface area contributed by atoms with Crippen molar-refractivity contribution < 1.29 is 14.3 Å². The fourth-order valence-electron chi connectivity index (χ4n) is 5.80. The van der Waals surface area contributed by atoms with Crippen LogP contribution in [-0.2, 0) is 16.6 Å². The summed E-state index contributed by atoms with van der Waals surface area (Å²) in [6.07, 6.45) is 4.27. The van der Waals surface area contributed by atoms with Gasteiger partial charge in [0, 0.05) is 13.0 Å². The van der Waals surface area contributed by atoms with Crippen LogP contribution in [0.3, 0.4) is 0 Å². The fourth-order valence-corrected chi connectivity index (χ4v) is 9.64. The number of benzene rings is 3. The number of ether oxygens (including phenoxy) is 1. The van der Waals surface area contributed by atoms with Crippen LogP contribution in [0.25, 0.3) is 17.0 Å². The Morgan fingerprint density at radius 2 is 1.56 bits per heavy atom. The van der Waals surface area contributed by atoms with Crippen molar-refractivity contribution in [3.8, 4) is 0 Å². The van der Waals surface area contributed by atoms with Crippen LogP contribution in [0, 0.1) is 5.41 Å². The molecule has 6 nitrogen and oxygen atoms in total. The van der Waals surface area contributed by atoms with Crippen molar-refractivity contribution in [3.05, 3.63) is 107 Å². The third-order valence-electron chi connectivity index (χ3n) is 8.16. The highest BCUT2D eigenvalue weighted by Crippen LogP contribution is 2.43. The number of rotatable bonds is 9. The Bertz CT molecular complexity index is 1590. The maximum atomic E-state index is 13.4. The highest BCUT2D eigenvalue weighted by atomic mass is 28.4. The zero-order chi connectivity index (χ0) is 30.0. The largest absolute Gasteiger partial charge is 0.468 e. The highest BCUT2D eigenvalue weighted by Gasteiger charge is 2.50. The number of fused-ring (bicyclic) bond motifs is 1. The molecule has 0 radical (unpaired) electrons. The second-order valence-corrected chi connectivity index (χ2v) is 16.0. The molecule has 0 fully saturated rings. The summed E-state index contributed by atoms with van der Waals surface area (Å²) in [4.78, 5) is 43.1. The van der Waals surface area contributed by atoms with Gasteiger partial charge in [0.05, 0.1) is 23.4 Å². The molecule has 0 unspecified atom stereocenters. The van der Waals surface area contributed by atoms with E-state index in [-0.39, 0.29) is 17.4 Å². The van der Waals surface area contributed by atoms with Crippen LogP contribution in [-0.4, -0.2) is 35.7 Å². The monoisotopic (exact) mass is 568 g/mol. The Kier molecular flexibility index (Phi) is 8.52. The van der Waals surface area contributed by atoms with Crippen molar-refractivity contribution in [2.24, 2.45) is 12.5 Å². The molecule has 4 rings (SSSR count). The van der Waals surface area contributed by atoms with Gasteiger partial charge in [-0.3, -0.25) is 14.2 Å². The van der Waals surface area contributed by atoms with E-state index >= 15 is 0 Å². The minimum Gasteiger partial charge on any atom is -0.468 e. The number of methoxy groups -OCH3 is 1. The average Bonchev–Trinajstić information content (AvgIpc) is 2.97. The van der Waals surface area contributed by atoms with Gasteiger partial charge in [-0.15, -0.1) is 0 Å². The summed E-state index contributed by atoms with van der Waals surface area (Å²) >= 11 is 0. The highest BCUT2D eigenvalue weighted by molar-refractivity contribution is 6.98. The lowest BCUT2D eigenvalue weighted by atomic mass is 9.92. The van der Waals surface area contributed by atoms with Gasteiger partial charge in [-0.05, 0) is 53.4 Å². The lowest BCUT2D eigenvalue weighted by Gasteiger charge is -2.42. The number of nitrogens with zero attached hydrogens (tertiary/aromatic N) is 2. The first-order valence-corrected chi connectivity index (χ1v) is 15.9. The van der Waals surface area contributed by atoms with Gasteiger partial charge in [-0.25, -0.2) is 4.98 Å². The molecule has 0 aliphatic heterocycles. The number of esters is 1. The van der Waals surface area contributed by atoms with Crippen molar-refractivity contribution in [1.29, 1.82) is 0 Å². The number of aromatic nitrogens is 2. The summed E-state index contributed by atoms with van der Waals surface area (Å²) in [7, 11) is -0.0839. The number of carbonyl (C=O) groups is 1. The van der Waals surface area contributed by atoms with Gasteiger partial charge in [0.25, 0.3) is 13.9 Å². The van der Waals surface area contributed by atoms with Gasteiger partial charge >= 0.3 is 5.97 Å². The number of carbonyl (C=O) groups excluding carboxylic acids is 1. The van der Waals surface area contributed by atoms with Gasteiger partial charge in [-0.1, -0.05) is 99.7 Å². The van der Waals surface area contributed by atoms with Crippen LogP contribution >= 0.6 is 0 Å². The van der Waals surface area contributed by atoms with Crippen LogP contribution in [0.5, 0.6) is 0 Å². The van der Waals surface area contributed by atoms with E-state index in [9.17, 15) is 14.4 Å². The summed E-state index contributed by atoms with van der Waals surface area (Å²) in [5.41, 5.74) is 0.542. The SMILES string of the molecule is COC(=O)C(C)(C)/C=C/c1ccc2c(=O)n(C)c([C@@H](C)CC(C)(C)[Si](O)(c3ccccc3)c3ccccc3)nc2c1. The Morgan fingerprint density at radius 1 is 1.00 bits per heavy atom. The predicted molar refractivity (Wildman–Crippen MR) is 169 cm³/mol. The van der Waals surface area contributed by atoms with E-state index in [1.807, 2.05) is 78.9 Å². The van der Waals surface area contributed by atoms with E-state index < -0.39 is 18.8 Å². The molecule has 41 heavy (non-hydrogen) atoms. The van der Waals surface area contributed by atoms with Crippen LogP contribution in [0.2, 0.25) is 5.04 Å². The molecule has 0 bridgehead atoms. The van der Waals surface area contributed by atoms with Gasteiger partial charge in [0.1, 0.15) is 5.82 Å². The van der Waals surface area contributed by atoms with E-state index in [1.54, 1.807) is 37.6 Å². The Balaban J connectivity index is 1.74. The van der Waals surface area contributed by atoms with Crippen LogP contribution in [0.1, 0.15) is 58.3 Å². The van der Waals surface area contributed by atoms with E-state index in [4.69, 9.17) is 9.72 Å². The Hall–Kier alpha value is -3.81. The Labute approximate surface area is 243 Å².